The highest BCUT2D eigenvalue weighted by Crippen LogP contribution is 2.28. The van der Waals surface area contributed by atoms with Gasteiger partial charge in [-0.2, -0.15) is 5.10 Å². The summed E-state index contributed by atoms with van der Waals surface area (Å²) in [5.74, 6) is -0.253. The summed E-state index contributed by atoms with van der Waals surface area (Å²) in [5, 5.41) is 6.21. The zero-order chi connectivity index (χ0) is 24.9. The summed E-state index contributed by atoms with van der Waals surface area (Å²) in [4.78, 5) is 29.2. The highest BCUT2D eigenvalue weighted by atomic mass is 79.9. The third-order valence-corrected chi connectivity index (χ3v) is 6.62. The van der Waals surface area contributed by atoms with Crippen LogP contribution in [-0.4, -0.2) is 28.8 Å². The molecule has 0 saturated carbocycles. The fourth-order valence-electron chi connectivity index (χ4n) is 3.49. The molecular formula is C27H18BrN3O4S. The Morgan fingerprint density at radius 1 is 1.03 bits per heavy atom. The van der Waals surface area contributed by atoms with Crippen molar-refractivity contribution in [1.29, 1.82) is 0 Å². The van der Waals surface area contributed by atoms with E-state index in [2.05, 4.69) is 31.4 Å². The summed E-state index contributed by atoms with van der Waals surface area (Å²) in [7, 11) is 0. The monoisotopic (exact) mass is 559 g/mol. The van der Waals surface area contributed by atoms with Crippen molar-refractivity contribution in [3.63, 3.8) is 0 Å². The molecule has 0 bridgehead atoms. The molecular weight excluding hydrogens is 542 g/mol. The number of halogens is 1. The predicted molar refractivity (Wildman–Crippen MR) is 144 cm³/mol. The third-order valence-electron chi connectivity index (χ3n) is 5.17. The van der Waals surface area contributed by atoms with Crippen molar-refractivity contribution >= 4 is 67.7 Å². The lowest BCUT2D eigenvalue weighted by Gasteiger charge is -2.09. The zero-order valence-electron chi connectivity index (χ0n) is 18.7. The first-order valence-electron chi connectivity index (χ1n) is 10.9. The van der Waals surface area contributed by atoms with Crippen LogP contribution in [0, 0.1) is 0 Å². The molecule has 0 atom stereocenters. The smallest absolute Gasteiger partial charge is 0.344 e. The number of hydrogen-bond donors (Lipinski definition) is 1. The number of esters is 1. The van der Waals surface area contributed by atoms with Gasteiger partial charge in [0.15, 0.2) is 5.58 Å². The number of ether oxygens (including phenoxy) is 1. The summed E-state index contributed by atoms with van der Waals surface area (Å²) in [6, 6.07) is 25.7. The quantitative estimate of drug-likeness (QED) is 0.0837. The van der Waals surface area contributed by atoms with E-state index in [1.807, 2.05) is 60.7 Å². The lowest BCUT2D eigenvalue weighted by Crippen LogP contribution is -2.19. The molecule has 1 aromatic heterocycles. The van der Waals surface area contributed by atoms with Crippen LogP contribution in [0.2, 0.25) is 0 Å². The number of benzene rings is 4. The lowest BCUT2D eigenvalue weighted by atomic mass is 10.0. The first kappa shape index (κ1) is 23.8. The number of carbonyl (C=O) groups is 2. The Morgan fingerprint density at radius 2 is 1.83 bits per heavy atom. The molecule has 1 N–H and O–H groups in total. The second-order valence-electron chi connectivity index (χ2n) is 7.64. The maximum atomic E-state index is 12.8. The predicted octanol–water partition coefficient (Wildman–Crippen LogP) is 6.21. The van der Waals surface area contributed by atoms with Crippen LogP contribution in [0.3, 0.4) is 0 Å². The summed E-state index contributed by atoms with van der Waals surface area (Å²) in [5.41, 5.74) is 5.10. The number of nitrogens with zero attached hydrogens (tertiary/aromatic N) is 2. The van der Waals surface area contributed by atoms with Gasteiger partial charge in [0.1, 0.15) is 11.3 Å². The van der Waals surface area contributed by atoms with Gasteiger partial charge in [-0.25, -0.2) is 15.2 Å². The molecule has 178 valence electrons. The zero-order valence-corrected chi connectivity index (χ0v) is 21.1. The minimum Gasteiger partial charge on any atom is -0.431 e. The van der Waals surface area contributed by atoms with Crippen molar-refractivity contribution in [3.8, 4) is 5.75 Å². The standard InChI is InChI=1S/C27H18BrN3O4S/c28-21-14-17(15-29-31-25(32)16-36-27-30-22-10-3-4-11-24(22)35-27)12-13-23(21)34-26(33)20-9-5-7-18-6-1-2-8-19(18)20/h1-15H,16H2,(H,31,32)/b29-15-. The normalized spacial score (nSPS) is 11.2. The average Bonchev–Trinajstić information content (AvgIpc) is 3.32. The number of thioether (sulfide) groups is 1. The maximum Gasteiger partial charge on any atom is 0.344 e. The van der Waals surface area contributed by atoms with Crippen LogP contribution in [0.1, 0.15) is 15.9 Å². The Bertz CT molecular complexity index is 1580. The number of carbonyl (C=O) groups excluding carboxylic acids is 2. The van der Waals surface area contributed by atoms with E-state index in [4.69, 9.17) is 9.15 Å². The van der Waals surface area contributed by atoms with Gasteiger partial charge >= 0.3 is 5.97 Å². The fraction of sp³-hybridized carbons (Fsp3) is 0.0370. The van der Waals surface area contributed by atoms with Gasteiger partial charge in [-0.05, 0) is 68.7 Å². The minimum absolute atomic E-state index is 0.108. The molecule has 0 spiro atoms. The van der Waals surface area contributed by atoms with E-state index in [1.54, 1.807) is 24.3 Å². The van der Waals surface area contributed by atoms with E-state index in [9.17, 15) is 9.59 Å². The summed E-state index contributed by atoms with van der Waals surface area (Å²) in [6.07, 6.45) is 1.50. The second-order valence-corrected chi connectivity index (χ2v) is 9.42. The number of amides is 1. The highest BCUT2D eigenvalue weighted by molar-refractivity contribution is 9.10. The van der Waals surface area contributed by atoms with E-state index in [-0.39, 0.29) is 11.7 Å². The topological polar surface area (TPSA) is 93.8 Å². The Morgan fingerprint density at radius 3 is 2.69 bits per heavy atom. The molecule has 0 radical (unpaired) electrons. The molecule has 7 nitrogen and oxygen atoms in total. The van der Waals surface area contributed by atoms with Crippen LogP contribution in [0.15, 0.2) is 104 Å². The van der Waals surface area contributed by atoms with Crippen molar-refractivity contribution in [2.24, 2.45) is 5.10 Å². The van der Waals surface area contributed by atoms with Gasteiger partial charge in [-0.1, -0.05) is 60.3 Å². The van der Waals surface area contributed by atoms with E-state index in [0.717, 1.165) is 16.3 Å². The van der Waals surface area contributed by atoms with E-state index >= 15 is 0 Å². The Hall–Kier alpha value is -3.95. The first-order chi connectivity index (χ1) is 17.6. The van der Waals surface area contributed by atoms with E-state index < -0.39 is 5.97 Å². The third kappa shape index (κ3) is 5.48. The molecule has 1 heterocycles. The second kappa shape index (κ2) is 10.8. The number of para-hydroxylation sites is 2. The number of hydrogen-bond acceptors (Lipinski definition) is 7. The fourth-order valence-corrected chi connectivity index (χ4v) is 4.60. The lowest BCUT2D eigenvalue weighted by molar-refractivity contribution is -0.118. The number of rotatable bonds is 7. The number of hydrazone groups is 1. The van der Waals surface area contributed by atoms with Crippen molar-refractivity contribution in [2.75, 3.05) is 5.75 Å². The largest absolute Gasteiger partial charge is 0.431 e. The van der Waals surface area contributed by atoms with Crippen LogP contribution in [0.5, 0.6) is 5.75 Å². The van der Waals surface area contributed by atoms with Gasteiger partial charge in [0.05, 0.1) is 22.0 Å². The molecule has 36 heavy (non-hydrogen) atoms. The SMILES string of the molecule is O=C(CSc1nc2ccccc2o1)N/N=C\c1ccc(OC(=O)c2cccc3ccccc23)c(Br)c1. The molecule has 0 aliphatic carbocycles. The summed E-state index contributed by atoms with van der Waals surface area (Å²) in [6.45, 7) is 0. The Kier molecular flexibility index (Phi) is 7.11. The number of fused-ring (bicyclic) bond motifs is 2. The average molecular weight is 560 g/mol. The summed E-state index contributed by atoms with van der Waals surface area (Å²) >= 11 is 4.63. The summed E-state index contributed by atoms with van der Waals surface area (Å²) < 4.78 is 11.8. The minimum atomic E-state index is -0.447. The van der Waals surface area contributed by atoms with Crippen molar-refractivity contribution in [2.45, 2.75) is 5.22 Å². The molecule has 9 heteroatoms. The number of nitrogens with one attached hydrogen (secondary N) is 1. The first-order valence-corrected chi connectivity index (χ1v) is 12.6. The van der Waals surface area contributed by atoms with Crippen LogP contribution >= 0.6 is 27.7 Å². The van der Waals surface area contributed by atoms with Gasteiger partial charge in [-0.15, -0.1) is 0 Å². The Balaban J connectivity index is 1.17. The maximum absolute atomic E-state index is 12.8. The van der Waals surface area contributed by atoms with Crippen LogP contribution < -0.4 is 10.2 Å². The van der Waals surface area contributed by atoms with E-state index in [1.165, 1.54) is 18.0 Å². The van der Waals surface area contributed by atoms with Crippen LogP contribution in [-0.2, 0) is 4.79 Å². The Labute approximate surface area is 218 Å². The molecule has 1 amide bonds. The molecule has 0 aliphatic rings. The number of oxazole rings is 1. The van der Waals surface area contributed by atoms with Gasteiger partial charge < -0.3 is 9.15 Å². The molecule has 5 rings (SSSR count). The molecule has 4 aromatic carbocycles. The van der Waals surface area contributed by atoms with E-state index in [0.29, 0.717) is 32.2 Å². The molecule has 0 unspecified atom stereocenters. The highest BCUT2D eigenvalue weighted by Gasteiger charge is 2.14. The van der Waals surface area contributed by atoms with Crippen molar-refractivity contribution in [1.82, 2.24) is 10.4 Å². The van der Waals surface area contributed by atoms with Gasteiger partial charge in [0, 0.05) is 0 Å². The van der Waals surface area contributed by atoms with Gasteiger partial charge in [0.25, 0.3) is 11.1 Å². The van der Waals surface area contributed by atoms with Gasteiger partial charge in [-0.3, -0.25) is 4.79 Å². The molecule has 0 fully saturated rings. The van der Waals surface area contributed by atoms with Crippen molar-refractivity contribution < 1.29 is 18.7 Å². The number of aromatic nitrogens is 1. The molecule has 0 aliphatic heterocycles. The van der Waals surface area contributed by atoms with Crippen LogP contribution in [0.4, 0.5) is 0 Å². The molecule has 0 saturated heterocycles. The molecule has 5 aromatic rings. The van der Waals surface area contributed by atoms with Gasteiger partial charge in [0.2, 0.25) is 0 Å². The van der Waals surface area contributed by atoms with Crippen molar-refractivity contribution in [3.05, 3.63) is 101 Å². The van der Waals surface area contributed by atoms with Crippen LogP contribution in [0.25, 0.3) is 21.9 Å².